The number of hydrogen-bond donors (Lipinski definition) is 10. The van der Waals surface area contributed by atoms with E-state index in [-0.39, 0.29) is 162 Å². The first-order valence-electron chi connectivity index (χ1n) is 1.69. The zero-order valence-corrected chi connectivity index (χ0v) is 23.8. The van der Waals surface area contributed by atoms with Crippen molar-refractivity contribution in [3.05, 3.63) is 0 Å². The number of rotatable bonds is 0. The van der Waals surface area contributed by atoms with E-state index in [0.717, 1.165) is 0 Å². The predicted molar refractivity (Wildman–Crippen MR) is 89.6 cm³/mol. The van der Waals surface area contributed by atoms with Gasteiger partial charge in [0.2, 0.25) is 0 Å². The summed E-state index contributed by atoms with van der Waals surface area (Å²) in [5.41, 5.74) is 0. The molecule has 0 aliphatic carbocycles. The molecule has 0 atom stereocenters. The normalized spacial score (nSPS) is 2.14. The summed E-state index contributed by atoms with van der Waals surface area (Å²) >= 11 is 36.4. The molecule has 28 heavy (non-hydrogen) atoms. The number of hydrogen-bond acceptors (Lipinski definition) is 10. The Bertz CT molecular complexity index is 71.7. The minimum atomic E-state index is 0. The third-order valence-electron chi connectivity index (χ3n) is 0. The Morgan fingerprint density at radius 1 is 0.179 bits per heavy atom. The average Bonchev–Trinajstić information content (AvgIpc) is 2.71. The van der Waals surface area contributed by atoms with Crippen molar-refractivity contribution in [3.63, 3.8) is 0 Å². The first kappa shape index (κ1) is 139. The molecule has 0 spiro atoms. The molecule has 0 radical (unpaired) electrons. The summed E-state index contributed by atoms with van der Waals surface area (Å²) in [6.07, 6.45) is 0. The van der Waals surface area contributed by atoms with Crippen LogP contribution in [-0.2, 0) is 0 Å². The van der Waals surface area contributed by atoms with Crippen molar-refractivity contribution in [1.29, 1.82) is 0 Å². The molecule has 0 aliphatic heterocycles. The van der Waals surface area contributed by atoms with E-state index in [1.165, 1.54) is 0 Å². The predicted octanol–water partition coefficient (Wildman–Crippen LogP) is -21.7. The van der Waals surface area contributed by atoms with Crippen LogP contribution in [-0.4, -0.2) is 46.6 Å². The molecule has 0 saturated heterocycles. The Kier molecular flexibility index (Phi) is 3550. The Morgan fingerprint density at radius 2 is 0.179 bits per heavy atom. The standard InChI is InChI=1S/10ClHO.8Li.8H/c10*1-2;;;;;;;;;;;;;;;;/h10*2H;;;;;;;;;;;;;;;;/q;;;;;;;;;;8*+1;8*-1. The van der Waals surface area contributed by atoms with Crippen LogP contribution >= 0.6 is 119 Å². The van der Waals surface area contributed by atoms with Crippen LogP contribution in [0, 0.1) is 0 Å². The zero-order valence-electron chi connectivity index (χ0n) is 24.3. The van der Waals surface area contributed by atoms with Gasteiger partial charge in [-0.2, -0.15) is 0 Å². The van der Waals surface area contributed by atoms with Gasteiger partial charge in [-0.15, -0.1) is 0 Å². The van der Waals surface area contributed by atoms with Crippen molar-refractivity contribution >= 4 is 119 Å². The van der Waals surface area contributed by atoms with Crippen LogP contribution in [0.25, 0.3) is 0 Å². The second kappa shape index (κ2) is 716. The molecule has 0 aromatic heterocycles. The smallest absolute Gasteiger partial charge is 1.00 e. The van der Waals surface area contributed by atoms with Gasteiger partial charge in [-0.25, -0.2) is 0 Å². The maximum atomic E-state index is 6.47. The molecule has 0 unspecified atom stereocenters. The fourth-order valence-electron chi connectivity index (χ4n) is 0. The fourth-order valence-corrected chi connectivity index (χ4v) is 0. The molecule has 28 heteroatoms. The van der Waals surface area contributed by atoms with Crippen LogP contribution in [0.2, 0.25) is 0 Å². The van der Waals surface area contributed by atoms with Gasteiger partial charge in [0, 0.05) is 0 Å². The van der Waals surface area contributed by atoms with Gasteiger partial charge < -0.3 is 11.4 Å². The van der Waals surface area contributed by atoms with E-state index in [1.807, 2.05) is 0 Å². The molecule has 0 bridgehead atoms. The van der Waals surface area contributed by atoms with Crippen molar-refractivity contribution in [3.8, 4) is 0 Å². The van der Waals surface area contributed by atoms with Crippen molar-refractivity contribution in [2.45, 2.75) is 0 Å². The van der Waals surface area contributed by atoms with Gasteiger partial charge in [0.25, 0.3) is 0 Å². The summed E-state index contributed by atoms with van der Waals surface area (Å²) in [4.78, 5) is 0. The Labute approximate surface area is 322 Å². The maximum absolute atomic E-state index is 6.47. The second-order valence-electron chi connectivity index (χ2n) is 0. The molecule has 10 N–H and O–H groups in total. The first-order chi connectivity index (χ1) is 10.0. The van der Waals surface area contributed by atoms with Gasteiger partial charge in [-0.05, 0) is 0 Å². The first-order valence-corrected chi connectivity index (χ1v) is 5.07. The summed E-state index contributed by atoms with van der Waals surface area (Å²) < 4.78 is 64.7. The van der Waals surface area contributed by atoms with E-state index < -0.39 is 0 Å². The topological polar surface area (TPSA) is 202 Å². The summed E-state index contributed by atoms with van der Waals surface area (Å²) in [6, 6.07) is 0. The van der Waals surface area contributed by atoms with E-state index in [4.69, 9.17) is 46.6 Å². The van der Waals surface area contributed by atoms with Crippen LogP contribution in [0.3, 0.4) is 0 Å². The van der Waals surface area contributed by atoms with Crippen molar-refractivity contribution in [2.24, 2.45) is 0 Å². The molecule has 10 nitrogen and oxygen atoms in total. The SMILES string of the molecule is OCl.OCl.OCl.OCl.OCl.OCl.OCl.OCl.OCl.OCl.[H-].[H-].[H-].[H-].[H-].[H-].[H-].[H-].[Li+].[Li+].[Li+].[Li+].[Li+].[Li+].[Li+].[Li+]. The monoisotopic (exact) mass is 584 g/mol. The Morgan fingerprint density at radius 3 is 0.179 bits per heavy atom. The molecule has 0 fully saturated rings. The van der Waals surface area contributed by atoms with E-state index in [1.54, 1.807) is 0 Å². The molecule has 0 aromatic rings. The van der Waals surface area contributed by atoms with Crippen LogP contribution in [0.5, 0.6) is 0 Å². The Balaban J connectivity index is -0.00000000123. The zero-order chi connectivity index (χ0) is 20.0. The van der Waals surface area contributed by atoms with Crippen LogP contribution in [0.4, 0.5) is 0 Å². The van der Waals surface area contributed by atoms with Gasteiger partial charge in [0.15, 0.2) is 0 Å². The summed E-state index contributed by atoms with van der Waals surface area (Å²) in [5, 5.41) is 0. The molecule has 156 valence electrons. The summed E-state index contributed by atoms with van der Waals surface area (Å²) in [5.74, 6) is 0. The molecule has 0 amide bonds. The average molecular weight is 588 g/mol. The fraction of sp³-hybridized carbons (Fsp3) is 0. The van der Waals surface area contributed by atoms with Gasteiger partial charge in [0.1, 0.15) is 0 Å². The van der Waals surface area contributed by atoms with Gasteiger partial charge >= 0.3 is 151 Å². The molecule has 0 rings (SSSR count). The van der Waals surface area contributed by atoms with Crippen LogP contribution in [0.15, 0.2) is 0 Å². The van der Waals surface area contributed by atoms with Crippen LogP contribution < -0.4 is 151 Å². The number of halogens is 10. The van der Waals surface area contributed by atoms with E-state index in [0.29, 0.717) is 0 Å². The van der Waals surface area contributed by atoms with E-state index in [9.17, 15) is 0 Å². The van der Waals surface area contributed by atoms with Crippen LogP contribution in [0.1, 0.15) is 11.4 Å². The molecular weight excluding hydrogens is 570 g/mol. The maximum Gasteiger partial charge on any atom is 1.00 e. The van der Waals surface area contributed by atoms with E-state index >= 15 is 0 Å². The minimum absolute atomic E-state index is 0. The van der Waals surface area contributed by atoms with E-state index in [2.05, 4.69) is 119 Å². The van der Waals surface area contributed by atoms with Gasteiger partial charge in [-0.3, -0.25) is 46.6 Å². The molecule has 0 aromatic carbocycles. The third kappa shape index (κ3) is 654. The summed E-state index contributed by atoms with van der Waals surface area (Å²) in [6.45, 7) is 0. The largest absolute Gasteiger partial charge is 1.00 e. The van der Waals surface area contributed by atoms with Gasteiger partial charge in [-0.1, -0.05) is 0 Å². The Hall–Kier alpha value is 7.28. The van der Waals surface area contributed by atoms with Crippen molar-refractivity contribution in [2.75, 3.05) is 0 Å². The molecule has 0 saturated carbocycles. The third-order valence-corrected chi connectivity index (χ3v) is 0. The van der Waals surface area contributed by atoms with Crippen molar-refractivity contribution < 1.29 is 209 Å². The van der Waals surface area contributed by atoms with Gasteiger partial charge in [0.05, 0.1) is 119 Å². The molecule has 0 heterocycles. The quantitative estimate of drug-likeness (QED) is 0.121. The van der Waals surface area contributed by atoms with Crippen molar-refractivity contribution in [1.82, 2.24) is 0 Å². The molecular formula is H18Cl10Li8O10. The summed E-state index contributed by atoms with van der Waals surface area (Å²) in [7, 11) is 0. The molecule has 0 aliphatic rings. The minimum Gasteiger partial charge on any atom is -1.00 e. The second-order valence-corrected chi connectivity index (χ2v) is 0.